The van der Waals surface area contributed by atoms with Gasteiger partial charge in [-0.1, -0.05) is 60.7 Å². The van der Waals surface area contributed by atoms with Crippen molar-refractivity contribution in [2.75, 3.05) is 39.3 Å². The number of benzene rings is 2. The molecule has 2 heterocycles. The lowest BCUT2D eigenvalue weighted by Crippen LogP contribution is -2.42. The second kappa shape index (κ2) is 10.0. The van der Waals surface area contributed by atoms with Crippen molar-refractivity contribution in [3.05, 3.63) is 71.8 Å². The van der Waals surface area contributed by atoms with Crippen LogP contribution in [0.25, 0.3) is 0 Å². The van der Waals surface area contributed by atoms with E-state index in [2.05, 4.69) is 58.3 Å². The van der Waals surface area contributed by atoms with Gasteiger partial charge in [0.1, 0.15) is 6.10 Å². The number of carbonyl (C=O) groups excluding carboxylic acids is 1. The third-order valence-corrected chi connectivity index (χ3v) is 6.25. The van der Waals surface area contributed by atoms with E-state index in [0.29, 0.717) is 12.5 Å². The molecule has 0 radical (unpaired) electrons. The highest BCUT2D eigenvalue weighted by Gasteiger charge is 2.29. The molecule has 0 aliphatic carbocycles. The molecule has 4 rings (SSSR count). The van der Waals surface area contributed by atoms with Crippen LogP contribution in [0.3, 0.4) is 0 Å². The third-order valence-electron chi connectivity index (χ3n) is 6.25. The van der Waals surface area contributed by atoms with E-state index in [1.54, 1.807) is 0 Å². The fourth-order valence-electron chi connectivity index (χ4n) is 4.54. The van der Waals surface area contributed by atoms with E-state index in [-0.39, 0.29) is 12.0 Å². The molecule has 0 bridgehead atoms. The summed E-state index contributed by atoms with van der Waals surface area (Å²) in [4.78, 5) is 17.1. The predicted molar refractivity (Wildman–Crippen MR) is 116 cm³/mol. The van der Waals surface area contributed by atoms with Gasteiger partial charge in [0.25, 0.3) is 0 Å². The van der Waals surface area contributed by atoms with Crippen molar-refractivity contribution in [3.63, 3.8) is 0 Å². The Hall–Kier alpha value is -2.17. The number of amides is 1. The van der Waals surface area contributed by atoms with Crippen LogP contribution in [-0.2, 0) is 9.53 Å². The highest BCUT2D eigenvalue weighted by Crippen LogP contribution is 2.26. The number of ether oxygens (including phenoxy) is 1. The smallest absolute Gasteiger partial charge is 0.225 e. The molecule has 0 saturated carbocycles. The topological polar surface area (TPSA) is 32.8 Å². The lowest BCUT2D eigenvalue weighted by molar-refractivity contribution is -0.136. The maximum Gasteiger partial charge on any atom is 0.225 e. The molecule has 2 aliphatic heterocycles. The van der Waals surface area contributed by atoms with Gasteiger partial charge >= 0.3 is 0 Å². The summed E-state index contributed by atoms with van der Waals surface area (Å²) in [6, 6.07) is 20.9. The molecule has 2 aliphatic rings. The van der Waals surface area contributed by atoms with E-state index in [1.165, 1.54) is 24.0 Å². The summed E-state index contributed by atoms with van der Waals surface area (Å²) in [6.45, 7) is 5.53. The summed E-state index contributed by atoms with van der Waals surface area (Å²) < 4.78 is 6.36. The second-order valence-corrected chi connectivity index (χ2v) is 8.22. The molecule has 0 aromatic heterocycles. The number of carbonyl (C=O) groups is 1. The van der Waals surface area contributed by atoms with Gasteiger partial charge in [0.2, 0.25) is 5.91 Å². The van der Waals surface area contributed by atoms with Crippen molar-refractivity contribution in [1.82, 2.24) is 9.80 Å². The van der Waals surface area contributed by atoms with Gasteiger partial charge in [-0.3, -0.25) is 4.79 Å². The highest BCUT2D eigenvalue weighted by atomic mass is 16.5. The van der Waals surface area contributed by atoms with E-state index in [1.807, 2.05) is 12.1 Å². The predicted octanol–water partition coefficient (Wildman–Crippen LogP) is 4.13. The van der Waals surface area contributed by atoms with Crippen molar-refractivity contribution in [2.45, 2.75) is 31.8 Å². The van der Waals surface area contributed by atoms with Crippen LogP contribution in [0.4, 0.5) is 0 Å². The van der Waals surface area contributed by atoms with Gasteiger partial charge < -0.3 is 14.5 Å². The summed E-state index contributed by atoms with van der Waals surface area (Å²) in [5.41, 5.74) is 2.38. The molecule has 0 N–H and O–H groups in total. The molecule has 0 unspecified atom stereocenters. The van der Waals surface area contributed by atoms with Crippen LogP contribution < -0.4 is 0 Å². The van der Waals surface area contributed by atoms with E-state index in [0.717, 1.165) is 45.6 Å². The minimum atomic E-state index is -0.0355. The Kier molecular flexibility index (Phi) is 6.96. The second-order valence-electron chi connectivity index (χ2n) is 8.22. The first-order valence-electron chi connectivity index (χ1n) is 11.0. The van der Waals surface area contributed by atoms with Gasteiger partial charge in [-0.15, -0.1) is 0 Å². The van der Waals surface area contributed by atoms with Crippen LogP contribution >= 0.6 is 0 Å². The number of rotatable bonds is 7. The number of piperidine rings is 1. The maximum absolute atomic E-state index is 12.6. The van der Waals surface area contributed by atoms with Crippen LogP contribution in [0, 0.1) is 5.92 Å². The molecule has 2 aromatic rings. The van der Waals surface area contributed by atoms with Gasteiger partial charge in [0.05, 0.1) is 6.61 Å². The molecule has 1 amide bonds. The normalized spacial score (nSPS) is 18.4. The molecule has 154 valence electrons. The summed E-state index contributed by atoms with van der Waals surface area (Å²) in [6.07, 6.45) is 4.27. The monoisotopic (exact) mass is 392 g/mol. The quantitative estimate of drug-likeness (QED) is 0.710. The van der Waals surface area contributed by atoms with Gasteiger partial charge in [-0.25, -0.2) is 0 Å². The molecule has 2 fully saturated rings. The van der Waals surface area contributed by atoms with Crippen LogP contribution in [0.15, 0.2) is 60.7 Å². The Labute approximate surface area is 174 Å². The minimum Gasteiger partial charge on any atom is -0.367 e. The van der Waals surface area contributed by atoms with E-state index in [9.17, 15) is 4.79 Å². The van der Waals surface area contributed by atoms with Gasteiger partial charge in [-0.2, -0.15) is 0 Å². The van der Waals surface area contributed by atoms with Crippen molar-refractivity contribution in [2.24, 2.45) is 5.92 Å². The Morgan fingerprint density at radius 1 is 0.862 bits per heavy atom. The first-order valence-corrected chi connectivity index (χ1v) is 11.0. The Morgan fingerprint density at radius 2 is 1.41 bits per heavy atom. The molecule has 0 spiro atoms. The van der Waals surface area contributed by atoms with E-state index in [4.69, 9.17) is 4.74 Å². The van der Waals surface area contributed by atoms with Crippen LogP contribution in [0.5, 0.6) is 0 Å². The van der Waals surface area contributed by atoms with Crippen molar-refractivity contribution in [1.29, 1.82) is 0 Å². The van der Waals surface area contributed by atoms with Gasteiger partial charge in [0.15, 0.2) is 0 Å². The van der Waals surface area contributed by atoms with Crippen LogP contribution in [-0.4, -0.2) is 55.0 Å². The molecule has 4 heteroatoms. The number of hydrogen-bond acceptors (Lipinski definition) is 3. The van der Waals surface area contributed by atoms with Gasteiger partial charge in [0, 0.05) is 25.6 Å². The number of nitrogens with zero attached hydrogens (tertiary/aromatic N) is 2. The van der Waals surface area contributed by atoms with E-state index < -0.39 is 0 Å². The summed E-state index contributed by atoms with van der Waals surface area (Å²) in [7, 11) is 0. The molecule has 2 aromatic carbocycles. The molecule has 2 saturated heterocycles. The summed E-state index contributed by atoms with van der Waals surface area (Å²) >= 11 is 0. The largest absolute Gasteiger partial charge is 0.367 e. The Balaban J connectivity index is 1.27. The Morgan fingerprint density at radius 3 is 1.97 bits per heavy atom. The zero-order valence-electron chi connectivity index (χ0n) is 17.2. The van der Waals surface area contributed by atoms with Crippen LogP contribution in [0.2, 0.25) is 0 Å². The third kappa shape index (κ3) is 5.26. The van der Waals surface area contributed by atoms with E-state index >= 15 is 0 Å². The molecule has 29 heavy (non-hydrogen) atoms. The van der Waals surface area contributed by atoms with Crippen molar-refractivity contribution >= 4 is 5.91 Å². The SMILES string of the molecule is O=C(C1CCN(CCOC(c2ccccc2)c2ccccc2)CC1)N1CCCC1. The number of hydrogen-bond donors (Lipinski definition) is 0. The molecule has 4 nitrogen and oxygen atoms in total. The first kappa shape index (κ1) is 20.1. The fraction of sp³-hybridized carbons (Fsp3) is 0.480. The highest BCUT2D eigenvalue weighted by molar-refractivity contribution is 5.79. The molecular weight excluding hydrogens is 360 g/mol. The zero-order chi connectivity index (χ0) is 19.9. The Bertz CT molecular complexity index is 711. The average Bonchev–Trinajstić information content (AvgIpc) is 3.33. The lowest BCUT2D eigenvalue weighted by Gasteiger charge is -2.33. The molecular formula is C25H32N2O2. The van der Waals surface area contributed by atoms with Gasteiger partial charge in [-0.05, 0) is 49.9 Å². The average molecular weight is 393 g/mol. The number of likely N-dealkylation sites (tertiary alicyclic amines) is 2. The molecule has 0 atom stereocenters. The fourth-order valence-corrected chi connectivity index (χ4v) is 4.54. The standard InChI is InChI=1S/C25H32N2O2/c28-25(27-15-7-8-16-27)23-13-17-26(18-14-23)19-20-29-24(21-9-3-1-4-10-21)22-11-5-2-6-12-22/h1-6,9-12,23-24H,7-8,13-20H2. The van der Waals surface area contributed by atoms with Crippen LogP contribution in [0.1, 0.15) is 42.9 Å². The zero-order valence-corrected chi connectivity index (χ0v) is 17.2. The summed E-state index contributed by atoms with van der Waals surface area (Å²) in [5.74, 6) is 0.623. The summed E-state index contributed by atoms with van der Waals surface area (Å²) in [5, 5.41) is 0. The lowest BCUT2D eigenvalue weighted by atomic mass is 9.95. The first-order chi connectivity index (χ1) is 14.3. The van der Waals surface area contributed by atoms with Crippen molar-refractivity contribution < 1.29 is 9.53 Å². The minimum absolute atomic E-state index is 0.0355. The van der Waals surface area contributed by atoms with Crippen molar-refractivity contribution in [3.8, 4) is 0 Å². The maximum atomic E-state index is 12.6.